The number of nitrogens with one attached hydrogen (secondary N) is 2. The number of rotatable bonds is 5. The van der Waals surface area contributed by atoms with Crippen molar-refractivity contribution in [2.24, 2.45) is 0 Å². The number of hydrogen-bond acceptors (Lipinski definition) is 3. The summed E-state index contributed by atoms with van der Waals surface area (Å²) in [5.74, 6) is -0.532. The van der Waals surface area contributed by atoms with Crippen LogP contribution in [-0.4, -0.2) is 16.8 Å². The van der Waals surface area contributed by atoms with Gasteiger partial charge in [0.2, 0.25) is 0 Å². The molecule has 0 spiro atoms. The molecule has 0 unspecified atom stereocenters. The van der Waals surface area contributed by atoms with E-state index in [9.17, 15) is 9.59 Å². The zero-order valence-electron chi connectivity index (χ0n) is 14.3. The number of anilines is 1. The van der Waals surface area contributed by atoms with Crippen molar-refractivity contribution in [1.82, 2.24) is 10.3 Å². The minimum absolute atomic E-state index is 0.146. The van der Waals surface area contributed by atoms with Crippen molar-refractivity contribution in [3.8, 4) is 0 Å². The van der Waals surface area contributed by atoms with E-state index >= 15 is 0 Å². The Morgan fingerprint density at radius 3 is 2.23 bits per heavy atom. The average Bonchev–Trinajstić information content (AvgIpc) is 2.69. The van der Waals surface area contributed by atoms with Gasteiger partial charge in [0.25, 0.3) is 11.8 Å². The maximum absolute atomic E-state index is 12.7. The topological polar surface area (TPSA) is 71.1 Å². The molecule has 2 N–H and O–H groups in total. The molecule has 0 radical (unpaired) electrons. The lowest BCUT2D eigenvalue weighted by Gasteiger charge is -2.16. The molecule has 26 heavy (non-hydrogen) atoms. The Balaban J connectivity index is 1.76. The molecule has 1 atom stereocenters. The monoisotopic (exact) mass is 345 g/mol. The largest absolute Gasteiger partial charge is 0.345 e. The van der Waals surface area contributed by atoms with Gasteiger partial charge in [0.15, 0.2) is 0 Å². The molecule has 0 fully saturated rings. The summed E-state index contributed by atoms with van der Waals surface area (Å²) in [6.07, 6.45) is 3.10. The van der Waals surface area contributed by atoms with E-state index in [2.05, 4.69) is 15.6 Å². The molecule has 0 aliphatic carbocycles. The molecular formula is C21H19N3O2. The Kier molecular flexibility index (Phi) is 5.39. The Morgan fingerprint density at radius 1 is 0.846 bits per heavy atom. The highest BCUT2D eigenvalue weighted by molar-refractivity contribution is 6.09. The zero-order chi connectivity index (χ0) is 18.4. The number of nitrogens with zero attached hydrogens (tertiary/aromatic N) is 1. The van der Waals surface area contributed by atoms with E-state index in [0.29, 0.717) is 16.8 Å². The maximum atomic E-state index is 12.7. The molecule has 3 aromatic rings. The minimum atomic E-state index is -0.288. The molecule has 130 valence electrons. The highest BCUT2D eigenvalue weighted by Crippen LogP contribution is 2.18. The van der Waals surface area contributed by atoms with Crippen LogP contribution in [0.3, 0.4) is 0 Å². The van der Waals surface area contributed by atoms with Crippen LogP contribution in [0.1, 0.15) is 39.2 Å². The average molecular weight is 345 g/mol. The van der Waals surface area contributed by atoms with Crippen LogP contribution in [0.4, 0.5) is 5.69 Å². The van der Waals surface area contributed by atoms with Gasteiger partial charge in [0, 0.05) is 18.0 Å². The van der Waals surface area contributed by atoms with Crippen LogP contribution < -0.4 is 10.6 Å². The molecule has 2 amide bonds. The van der Waals surface area contributed by atoms with Crippen molar-refractivity contribution in [3.63, 3.8) is 0 Å². The van der Waals surface area contributed by atoms with Gasteiger partial charge >= 0.3 is 0 Å². The Labute approximate surface area is 152 Å². The molecule has 1 heterocycles. The van der Waals surface area contributed by atoms with Crippen molar-refractivity contribution in [1.29, 1.82) is 0 Å². The summed E-state index contributed by atoms with van der Waals surface area (Å²) in [4.78, 5) is 29.0. The lowest BCUT2D eigenvalue weighted by atomic mass is 10.1. The van der Waals surface area contributed by atoms with Crippen molar-refractivity contribution in [3.05, 3.63) is 95.8 Å². The number of para-hydroxylation sites is 1. The highest BCUT2D eigenvalue weighted by atomic mass is 16.2. The van der Waals surface area contributed by atoms with Gasteiger partial charge in [-0.2, -0.15) is 0 Å². The second-order valence-electron chi connectivity index (χ2n) is 5.84. The summed E-state index contributed by atoms with van der Waals surface area (Å²) in [6, 6.07) is 19.8. The quantitative estimate of drug-likeness (QED) is 0.738. The van der Waals surface area contributed by atoms with E-state index in [1.165, 1.54) is 0 Å². The van der Waals surface area contributed by atoms with Gasteiger partial charge in [0.05, 0.1) is 17.3 Å². The predicted molar refractivity (Wildman–Crippen MR) is 101 cm³/mol. The minimum Gasteiger partial charge on any atom is -0.345 e. The zero-order valence-corrected chi connectivity index (χ0v) is 14.3. The first-order valence-electron chi connectivity index (χ1n) is 8.31. The van der Waals surface area contributed by atoms with Gasteiger partial charge in [-0.25, -0.2) is 0 Å². The molecule has 0 saturated heterocycles. The number of aromatic nitrogens is 1. The first-order chi connectivity index (χ1) is 12.6. The standard InChI is InChI=1S/C21H19N3O2/c1-15(16-7-3-2-4-8-16)23-21(26)18-9-5-6-10-19(18)24-20(25)17-11-13-22-14-12-17/h2-15H,1H3,(H,23,26)(H,24,25)/t15-/m1/s1. The molecule has 1 aromatic heterocycles. The fourth-order valence-corrected chi connectivity index (χ4v) is 2.59. The Hall–Kier alpha value is -3.47. The molecule has 5 nitrogen and oxygen atoms in total. The van der Waals surface area contributed by atoms with Gasteiger partial charge in [-0.1, -0.05) is 42.5 Å². The number of pyridine rings is 1. The first kappa shape index (κ1) is 17.4. The molecular weight excluding hydrogens is 326 g/mol. The Bertz CT molecular complexity index is 895. The van der Waals surface area contributed by atoms with Gasteiger partial charge in [-0.15, -0.1) is 0 Å². The molecule has 0 bridgehead atoms. The van der Waals surface area contributed by atoms with E-state index in [1.54, 1.807) is 48.8 Å². The van der Waals surface area contributed by atoms with Gasteiger partial charge in [-0.3, -0.25) is 14.6 Å². The SMILES string of the molecule is C[C@@H](NC(=O)c1ccccc1NC(=O)c1ccncc1)c1ccccc1. The van der Waals surface area contributed by atoms with Crippen LogP contribution in [0.5, 0.6) is 0 Å². The van der Waals surface area contributed by atoms with Crippen LogP contribution in [0, 0.1) is 0 Å². The number of hydrogen-bond donors (Lipinski definition) is 2. The van der Waals surface area contributed by atoms with E-state index in [4.69, 9.17) is 0 Å². The molecule has 0 saturated carbocycles. The summed E-state index contributed by atoms with van der Waals surface area (Å²) in [7, 11) is 0. The van der Waals surface area contributed by atoms with Crippen LogP contribution >= 0.6 is 0 Å². The molecule has 0 aliphatic rings. The smallest absolute Gasteiger partial charge is 0.255 e. The summed E-state index contributed by atoms with van der Waals surface area (Å²) in [5.41, 5.74) is 2.37. The number of amides is 2. The molecule has 5 heteroatoms. The lowest BCUT2D eigenvalue weighted by molar-refractivity contribution is 0.0941. The lowest BCUT2D eigenvalue weighted by Crippen LogP contribution is -2.28. The van der Waals surface area contributed by atoms with Crippen LogP contribution in [0.15, 0.2) is 79.1 Å². The summed E-state index contributed by atoms with van der Waals surface area (Å²) in [6.45, 7) is 1.92. The fraction of sp³-hybridized carbons (Fsp3) is 0.0952. The van der Waals surface area contributed by atoms with E-state index in [0.717, 1.165) is 5.56 Å². The van der Waals surface area contributed by atoms with Crippen molar-refractivity contribution in [2.45, 2.75) is 13.0 Å². The summed E-state index contributed by atoms with van der Waals surface area (Å²) in [5, 5.41) is 5.76. The van der Waals surface area contributed by atoms with E-state index in [-0.39, 0.29) is 17.9 Å². The van der Waals surface area contributed by atoms with Crippen LogP contribution in [-0.2, 0) is 0 Å². The third-order valence-electron chi connectivity index (χ3n) is 4.01. The van der Waals surface area contributed by atoms with E-state index < -0.39 is 0 Å². The molecule has 2 aromatic carbocycles. The van der Waals surface area contributed by atoms with Gasteiger partial charge in [-0.05, 0) is 36.8 Å². The number of carbonyl (C=O) groups is 2. The molecule has 0 aliphatic heterocycles. The first-order valence-corrected chi connectivity index (χ1v) is 8.31. The summed E-state index contributed by atoms with van der Waals surface area (Å²) >= 11 is 0. The van der Waals surface area contributed by atoms with Crippen molar-refractivity contribution >= 4 is 17.5 Å². The number of carbonyl (C=O) groups excluding carboxylic acids is 2. The third kappa shape index (κ3) is 4.13. The summed E-state index contributed by atoms with van der Waals surface area (Å²) < 4.78 is 0. The highest BCUT2D eigenvalue weighted by Gasteiger charge is 2.16. The second-order valence-corrected chi connectivity index (χ2v) is 5.84. The maximum Gasteiger partial charge on any atom is 0.255 e. The third-order valence-corrected chi connectivity index (χ3v) is 4.01. The van der Waals surface area contributed by atoms with Crippen LogP contribution in [0.2, 0.25) is 0 Å². The number of benzene rings is 2. The van der Waals surface area contributed by atoms with Gasteiger partial charge < -0.3 is 10.6 Å². The van der Waals surface area contributed by atoms with Crippen LogP contribution in [0.25, 0.3) is 0 Å². The normalized spacial score (nSPS) is 11.4. The Morgan fingerprint density at radius 2 is 1.50 bits per heavy atom. The molecule has 3 rings (SSSR count). The fourth-order valence-electron chi connectivity index (χ4n) is 2.59. The van der Waals surface area contributed by atoms with Crippen molar-refractivity contribution < 1.29 is 9.59 Å². The predicted octanol–water partition coefficient (Wildman–Crippen LogP) is 3.82. The second kappa shape index (κ2) is 8.07. The van der Waals surface area contributed by atoms with E-state index in [1.807, 2.05) is 37.3 Å². The van der Waals surface area contributed by atoms with Gasteiger partial charge in [0.1, 0.15) is 0 Å². The van der Waals surface area contributed by atoms with Crippen molar-refractivity contribution in [2.75, 3.05) is 5.32 Å².